The molecule has 0 spiro atoms. The fourth-order valence-corrected chi connectivity index (χ4v) is 3.29. The molecule has 2 fully saturated rings. The van der Waals surface area contributed by atoms with Crippen LogP contribution < -0.4 is 10.6 Å². The van der Waals surface area contributed by atoms with E-state index in [9.17, 15) is 9.59 Å². The largest absolute Gasteiger partial charge is 0.355 e. The van der Waals surface area contributed by atoms with Gasteiger partial charge in [0.05, 0.1) is 0 Å². The van der Waals surface area contributed by atoms with Gasteiger partial charge in [-0.1, -0.05) is 12.8 Å². The van der Waals surface area contributed by atoms with Crippen LogP contribution in [0.5, 0.6) is 0 Å². The molecule has 0 saturated carbocycles. The van der Waals surface area contributed by atoms with Crippen molar-refractivity contribution in [2.24, 2.45) is 5.92 Å². The topological polar surface area (TPSA) is 61.4 Å². The molecular weight excluding hydrogens is 266 g/mol. The van der Waals surface area contributed by atoms with E-state index in [1.165, 1.54) is 12.8 Å². The van der Waals surface area contributed by atoms with Gasteiger partial charge in [-0.3, -0.25) is 9.59 Å². The Hall–Kier alpha value is -1.10. The average molecular weight is 295 g/mol. The van der Waals surface area contributed by atoms with Crippen molar-refractivity contribution in [3.8, 4) is 0 Å². The summed E-state index contributed by atoms with van der Waals surface area (Å²) in [5.41, 5.74) is 0. The van der Waals surface area contributed by atoms with Crippen LogP contribution in [0.2, 0.25) is 0 Å². The standard InChI is InChI=1S/C16H29N3O2/c1-13-12-14(6-8-17-13)16(21)18-9-7-15(20)19-10-4-2-3-5-11-19/h13-14,17H,2-12H2,1H3,(H,18,21)/t13-,14-/m0/s1. The van der Waals surface area contributed by atoms with Gasteiger partial charge in [0.1, 0.15) is 0 Å². The predicted molar refractivity (Wildman–Crippen MR) is 82.9 cm³/mol. The second-order valence-corrected chi connectivity index (χ2v) is 6.41. The van der Waals surface area contributed by atoms with Crippen molar-refractivity contribution in [3.63, 3.8) is 0 Å². The number of carbonyl (C=O) groups excluding carboxylic acids is 2. The molecule has 0 aliphatic carbocycles. The van der Waals surface area contributed by atoms with Crippen molar-refractivity contribution in [2.75, 3.05) is 26.2 Å². The van der Waals surface area contributed by atoms with Crippen LogP contribution in [-0.2, 0) is 9.59 Å². The molecule has 2 N–H and O–H groups in total. The monoisotopic (exact) mass is 295 g/mol. The lowest BCUT2D eigenvalue weighted by Crippen LogP contribution is -2.43. The van der Waals surface area contributed by atoms with Gasteiger partial charge in [-0.2, -0.15) is 0 Å². The van der Waals surface area contributed by atoms with Crippen molar-refractivity contribution in [1.82, 2.24) is 15.5 Å². The number of amides is 2. The summed E-state index contributed by atoms with van der Waals surface area (Å²) in [7, 11) is 0. The summed E-state index contributed by atoms with van der Waals surface area (Å²) >= 11 is 0. The Bertz CT molecular complexity index is 337. The number of nitrogens with one attached hydrogen (secondary N) is 2. The number of nitrogens with zero attached hydrogens (tertiary/aromatic N) is 1. The Morgan fingerprint density at radius 1 is 1.19 bits per heavy atom. The molecule has 2 aliphatic rings. The van der Waals surface area contributed by atoms with Crippen LogP contribution in [0.25, 0.3) is 0 Å². The molecule has 0 aromatic heterocycles. The van der Waals surface area contributed by atoms with Crippen LogP contribution in [0.1, 0.15) is 51.9 Å². The van der Waals surface area contributed by atoms with Gasteiger partial charge in [0.2, 0.25) is 11.8 Å². The van der Waals surface area contributed by atoms with Crippen LogP contribution in [0, 0.1) is 5.92 Å². The van der Waals surface area contributed by atoms with Crippen molar-refractivity contribution in [2.45, 2.75) is 57.9 Å². The molecule has 5 heteroatoms. The van der Waals surface area contributed by atoms with Gasteiger partial charge in [-0.15, -0.1) is 0 Å². The summed E-state index contributed by atoms with van der Waals surface area (Å²) in [5, 5.41) is 6.29. The zero-order valence-corrected chi connectivity index (χ0v) is 13.2. The van der Waals surface area contributed by atoms with E-state index in [1.54, 1.807) is 0 Å². The maximum atomic E-state index is 12.1. The van der Waals surface area contributed by atoms with E-state index in [4.69, 9.17) is 0 Å². The third-order valence-corrected chi connectivity index (χ3v) is 4.59. The molecule has 0 aromatic carbocycles. The Morgan fingerprint density at radius 3 is 2.57 bits per heavy atom. The molecule has 2 aliphatic heterocycles. The van der Waals surface area contributed by atoms with Gasteiger partial charge < -0.3 is 15.5 Å². The van der Waals surface area contributed by atoms with E-state index < -0.39 is 0 Å². The van der Waals surface area contributed by atoms with Crippen LogP contribution in [-0.4, -0.2) is 48.9 Å². The molecule has 0 unspecified atom stereocenters. The van der Waals surface area contributed by atoms with E-state index >= 15 is 0 Å². The second-order valence-electron chi connectivity index (χ2n) is 6.41. The van der Waals surface area contributed by atoms with Crippen LogP contribution in [0.3, 0.4) is 0 Å². The van der Waals surface area contributed by atoms with Crippen LogP contribution in [0.15, 0.2) is 0 Å². The summed E-state index contributed by atoms with van der Waals surface area (Å²) in [6.07, 6.45) is 6.92. The molecule has 2 heterocycles. The highest BCUT2D eigenvalue weighted by Gasteiger charge is 2.24. The van der Waals surface area contributed by atoms with Crippen LogP contribution in [0.4, 0.5) is 0 Å². The number of carbonyl (C=O) groups is 2. The van der Waals surface area contributed by atoms with E-state index in [0.29, 0.717) is 19.0 Å². The minimum Gasteiger partial charge on any atom is -0.355 e. The van der Waals surface area contributed by atoms with E-state index in [1.807, 2.05) is 4.90 Å². The molecule has 21 heavy (non-hydrogen) atoms. The van der Waals surface area contributed by atoms with Gasteiger partial charge in [0.15, 0.2) is 0 Å². The Kier molecular flexibility index (Phi) is 6.49. The first-order valence-corrected chi connectivity index (χ1v) is 8.45. The van der Waals surface area contributed by atoms with Gasteiger partial charge in [-0.25, -0.2) is 0 Å². The summed E-state index contributed by atoms with van der Waals surface area (Å²) in [4.78, 5) is 26.2. The maximum Gasteiger partial charge on any atom is 0.224 e. The van der Waals surface area contributed by atoms with Crippen molar-refractivity contribution in [1.29, 1.82) is 0 Å². The lowest BCUT2D eigenvalue weighted by molar-refractivity contribution is -0.131. The molecule has 2 saturated heterocycles. The predicted octanol–water partition coefficient (Wildman–Crippen LogP) is 1.28. The average Bonchev–Trinajstić information content (AvgIpc) is 2.76. The molecule has 2 amide bonds. The summed E-state index contributed by atoms with van der Waals surface area (Å²) in [5.74, 6) is 0.414. The quantitative estimate of drug-likeness (QED) is 0.821. The number of hydrogen-bond acceptors (Lipinski definition) is 3. The van der Waals surface area contributed by atoms with E-state index in [0.717, 1.165) is 45.3 Å². The zero-order chi connectivity index (χ0) is 15.1. The van der Waals surface area contributed by atoms with Gasteiger partial charge in [0, 0.05) is 38.0 Å². The van der Waals surface area contributed by atoms with Crippen molar-refractivity contribution < 1.29 is 9.59 Å². The lowest BCUT2D eigenvalue weighted by Gasteiger charge is -2.27. The van der Waals surface area contributed by atoms with Crippen LogP contribution >= 0.6 is 0 Å². The number of hydrogen-bond donors (Lipinski definition) is 2. The summed E-state index contributed by atoms with van der Waals surface area (Å²) in [6.45, 7) is 5.28. The minimum absolute atomic E-state index is 0.106. The van der Waals surface area contributed by atoms with E-state index in [-0.39, 0.29) is 17.7 Å². The van der Waals surface area contributed by atoms with Gasteiger partial charge in [-0.05, 0) is 39.2 Å². The number of likely N-dealkylation sites (tertiary alicyclic amines) is 1. The number of rotatable bonds is 4. The lowest BCUT2D eigenvalue weighted by atomic mass is 9.92. The third-order valence-electron chi connectivity index (χ3n) is 4.59. The Morgan fingerprint density at radius 2 is 1.90 bits per heavy atom. The molecule has 0 aromatic rings. The molecule has 0 radical (unpaired) electrons. The minimum atomic E-state index is 0.106. The highest BCUT2D eigenvalue weighted by Crippen LogP contribution is 2.16. The smallest absolute Gasteiger partial charge is 0.224 e. The first-order chi connectivity index (χ1) is 10.2. The molecule has 2 atom stereocenters. The van der Waals surface area contributed by atoms with Gasteiger partial charge >= 0.3 is 0 Å². The maximum absolute atomic E-state index is 12.1. The molecule has 0 bridgehead atoms. The zero-order valence-electron chi connectivity index (χ0n) is 13.2. The molecule has 120 valence electrons. The molecule has 5 nitrogen and oxygen atoms in total. The SMILES string of the molecule is C[C@H]1C[C@@H](C(=O)NCCC(=O)N2CCCCCC2)CCN1. The highest BCUT2D eigenvalue weighted by atomic mass is 16.2. The summed E-state index contributed by atoms with van der Waals surface area (Å²) in [6, 6.07) is 0.410. The first-order valence-electron chi connectivity index (χ1n) is 8.45. The molecule has 2 rings (SSSR count). The van der Waals surface area contributed by atoms with Crippen molar-refractivity contribution >= 4 is 11.8 Å². The Balaban J connectivity index is 1.65. The van der Waals surface area contributed by atoms with E-state index in [2.05, 4.69) is 17.6 Å². The van der Waals surface area contributed by atoms with Crippen molar-refractivity contribution in [3.05, 3.63) is 0 Å². The van der Waals surface area contributed by atoms with Gasteiger partial charge in [0.25, 0.3) is 0 Å². The third kappa shape index (κ3) is 5.30. The number of piperidine rings is 1. The fourth-order valence-electron chi connectivity index (χ4n) is 3.29. The molecular formula is C16H29N3O2. The highest BCUT2D eigenvalue weighted by molar-refractivity contribution is 5.80. The normalized spacial score (nSPS) is 27.0. The second kappa shape index (κ2) is 8.37. The Labute approximate surface area is 127 Å². The first kappa shape index (κ1) is 16.3. The fraction of sp³-hybridized carbons (Fsp3) is 0.875. The summed E-state index contributed by atoms with van der Waals surface area (Å²) < 4.78 is 0.